The molecule has 2 aromatic heterocycles. The van der Waals surface area contributed by atoms with Crippen molar-refractivity contribution in [2.45, 2.75) is 0 Å². The summed E-state index contributed by atoms with van der Waals surface area (Å²) in [5.74, 6) is 0. The Kier molecular flexibility index (Phi) is 6.52. The van der Waals surface area contributed by atoms with Crippen molar-refractivity contribution in [1.29, 1.82) is 5.26 Å². The fourth-order valence-corrected chi connectivity index (χ4v) is 2.06. The topological polar surface area (TPSA) is 49.6 Å². The molecule has 0 amide bonds. The van der Waals surface area contributed by atoms with Crippen molar-refractivity contribution in [3.63, 3.8) is 0 Å². The van der Waals surface area contributed by atoms with E-state index in [0.29, 0.717) is 5.56 Å². The zero-order chi connectivity index (χ0) is 13.8. The number of nitrogens with zero attached hydrogens (tertiary/aromatic N) is 3. The average molecular weight is 330 g/mol. The molecule has 0 aliphatic heterocycles. The minimum Gasteiger partial charge on any atom is -0.265 e. The predicted molar refractivity (Wildman–Crippen MR) is 92.1 cm³/mol. The molecule has 3 aromatic rings. The summed E-state index contributed by atoms with van der Waals surface area (Å²) in [4.78, 5) is 8.41. The summed E-state index contributed by atoms with van der Waals surface area (Å²) in [5, 5.41) is 8.96. The van der Waals surface area contributed by atoms with Gasteiger partial charge in [0, 0.05) is 24.2 Å². The lowest BCUT2D eigenvalue weighted by atomic mass is 10.0. The molecule has 0 atom stereocenters. The monoisotopic (exact) mass is 329 g/mol. The van der Waals surface area contributed by atoms with Crippen LogP contribution in [-0.4, -0.2) is 9.97 Å². The van der Waals surface area contributed by atoms with Gasteiger partial charge in [0.15, 0.2) is 0 Å². The van der Waals surface area contributed by atoms with E-state index in [1.54, 1.807) is 24.7 Å². The molecule has 0 unspecified atom stereocenters. The molecule has 3 nitrogen and oxygen atoms in total. The average Bonchev–Trinajstić information content (AvgIpc) is 2.56. The minimum absolute atomic E-state index is 0. The van der Waals surface area contributed by atoms with E-state index in [-0.39, 0.29) is 24.8 Å². The fraction of sp³-hybridized carbons (Fsp3) is 0. The molecule has 0 N–H and O–H groups in total. The Balaban J connectivity index is 0.00000121. The van der Waals surface area contributed by atoms with Gasteiger partial charge in [-0.25, -0.2) is 0 Å². The number of halogens is 2. The Bertz CT molecular complexity index is 783. The first-order valence-corrected chi connectivity index (χ1v) is 6.24. The lowest BCUT2D eigenvalue weighted by Crippen LogP contribution is -1.86. The molecule has 3 rings (SSSR count). The number of benzene rings is 1. The van der Waals surface area contributed by atoms with Gasteiger partial charge in [0.2, 0.25) is 0 Å². The molecule has 0 radical (unpaired) electrons. The molecule has 0 saturated heterocycles. The Morgan fingerprint density at radius 2 is 1.50 bits per heavy atom. The van der Waals surface area contributed by atoms with E-state index >= 15 is 0 Å². The predicted octanol–water partition coefficient (Wildman–Crippen LogP) is 4.53. The number of nitriles is 1. The Labute approximate surface area is 141 Å². The van der Waals surface area contributed by atoms with E-state index in [1.807, 2.05) is 42.5 Å². The smallest absolute Gasteiger partial charge is 0.0991 e. The van der Waals surface area contributed by atoms with Crippen LogP contribution in [0.2, 0.25) is 0 Å². The second-order valence-electron chi connectivity index (χ2n) is 4.36. The van der Waals surface area contributed by atoms with Gasteiger partial charge in [0.1, 0.15) is 0 Å². The van der Waals surface area contributed by atoms with Crippen LogP contribution in [0.3, 0.4) is 0 Å². The first kappa shape index (κ1) is 17.6. The zero-order valence-corrected chi connectivity index (χ0v) is 13.1. The maximum absolute atomic E-state index is 8.96. The molecule has 22 heavy (non-hydrogen) atoms. The van der Waals surface area contributed by atoms with Gasteiger partial charge >= 0.3 is 0 Å². The number of hydrogen-bond acceptors (Lipinski definition) is 3. The van der Waals surface area contributed by atoms with Gasteiger partial charge in [0.25, 0.3) is 0 Å². The van der Waals surface area contributed by atoms with E-state index in [9.17, 15) is 0 Å². The lowest BCUT2D eigenvalue weighted by Gasteiger charge is -2.05. The second-order valence-corrected chi connectivity index (χ2v) is 4.36. The van der Waals surface area contributed by atoms with Crippen molar-refractivity contribution in [1.82, 2.24) is 9.97 Å². The van der Waals surface area contributed by atoms with Crippen LogP contribution in [0, 0.1) is 11.3 Å². The summed E-state index contributed by atoms with van der Waals surface area (Å²) in [7, 11) is 0. The van der Waals surface area contributed by atoms with Gasteiger partial charge in [-0.15, -0.1) is 24.8 Å². The summed E-state index contributed by atoms with van der Waals surface area (Å²) >= 11 is 0. The fourth-order valence-electron chi connectivity index (χ4n) is 2.06. The standard InChI is InChI=1S/C17H11N3.2ClH/c18-12-13-2-1-3-16(10-13)17-11-15(6-9-20-17)14-4-7-19-8-5-14;;/h1-11H;2*1H. The number of pyridine rings is 2. The van der Waals surface area contributed by atoms with Crippen molar-refractivity contribution in [2.75, 3.05) is 0 Å². The third-order valence-electron chi connectivity index (χ3n) is 3.06. The van der Waals surface area contributed by atoms with Gasteiger partial charge in [-0.05, 0) is 47.5 Å². The second kappa shape index (κ2) is 8.14. The third kappa shape index (κ3) is 3.82. The zero-order valence-electron chi connectivity index (χ0n) is 11.5. The van der Waals surface area contributed by atoms with Gasteiger partial charge in [-0.1, -0.05) is 12.1 Å². The van der Waals surface area contributed by atoms with Gasteiger partial charge < -0.3 is 0 Å². The van der Waals surface area contributed by atoms with E-state index in [1.165, 1.54) is 0 Å². The molecule has 1 aromatic carbocycles. The molecule has 0 fully saturated rings. The summed E-state index contributed by atoms with van der Waals surface area (Å²) in [6.07, 6.45) is 5.32. The highest BCUT2D eigenvalue weighted by atomic mass is 35.5. The molecule has 0 aliphatic carbocycles. The maximum atomic E-state index is 8.96. The number of hydrogen-bond donors (Lipinski definition) is 0. The molecule has 0 spiro atoms. The summed E-state index contributed by atoms with van der Waals surface area (Å²) < 4.78 is 0. The quantitative estimate of drug-likeness (QED) is 0.694. The first-order valence-electron chi connectivity index (χ1n) is 6.24. The number of rotatable bonds is 2. The van der Waals surface area contributed by atoms with Crippen LogP contribution >= 0.6 is 24.8 Å². The molecule has 110 valence electrons. The normalized spacial score (nSPS) is 9.05. The molecular weight excluding hydrogens is 317 g/mol. The van der Waals surface area contributed by atoms with Gasteiger partial charge in [-0.3, -0.25) is 9.97 Å². The summed E-state index contributed by atoms with van der Waals surface area (Å²) in [5.41, 5.74) is 4.62. The van der Waals surface area contributed by atoms with E-state index in [2.05, 4.69) is 16.0 Å². The molecular formula is C17H13Cl2N3. The Hall–Kier alpha value is -2.41. The van der Waals surface area contributed by atoms with Gasteiger partial charge in [0.05, 0.1) is 17.3 Å². The Morgan fingerprint density at radius 1 is 0.773 bits per heavy atom. The maximum Gasteiger partial charge on any atom is 0.0991 e. The van der Waals surface area contributed by atoms with Crippen molar-refractivity contribution in [2.24, 2.45) is 0 Å². The van der Waals surface area contributed by atoms with E-state index in [0.717, 1.165) is 22.4 Å². The van der Waals surface area contributed by atoms with Gasteiger partial charge in [-0.2, -0.15) is 5.26 Å². The highest BCUT2D eigenvalue weighted by Crippen LogP contribution is 2.24. The largest absolute Gasteiger partial charge is 0.265 e. The highest BCUT2D eigenvalue weighted by Gasteiger charge is 2.03. The van der Waals surface area contributed by atoms with Crippen LogP contribution in [0.5, 0.6) is 0 Å². The van der Waals surface area contributed by atoms with Crippen molar-refractivity contribution >= 4 is 24.8 Å². The van der Waals surface area contributed by atoms with Crippen LogP contribution in [0.15, 0.2) is 67.1 Å². The van der Waals surface area contributed by atoms with Crippen molar-refractivity contribution in [3.05, 3.63) is 72.7 Å². The SMILES string of the molecule is Cl.Cl.N#Cc1cccc(-c2cc(-c3ccncc3)ccn2)c1. The molecule has 2 heterocycles. The lowest BCUT2D eigenvalue weighted by molar-refractivity contribution is 1.31. The van der Waals surface area contributed by atoms with Crippen LogP contribution in [-0.2, 0) is 0 Å². The Morgan fingerprint density at radius 3 is 2.23 bits per heavy atom. The van der Waals surface area contributed by atoms with Crippen molar-refractivity contribution < 1.29 is 0 Å². The summed E-state index contributed by atoms with van der Waals surface area (Å²) in [6.45, 7) is 0. The third-order valence-corrected chi connectivity index (χ3v) is 3.06. The van der Waals surface area contributed by atoms with Crippen LogP contribution < -0.4 is 0 Å². The molecule has 0 bridgehead atoms. The first-order chi connectivity index (χ1) is 9.86. The van der Waals surface area contributed by atoms with Crippen molar-refractivity contribution in [3.8, 4) is 28.5 Å². The number of aromatic nitrogens is 2. The highest BCUT2D eigenvalue weighted by molar-refractivity contribution is 5.85. The molecule has 5 heteroatoms. The summed E-state index contributed by atoms with van der Waals surface area (Å²) in [6, 6.07) is 17.5. The molecule has 0 saturated carbocycles. The minimum atomic E-state index is 0. The van der Waals surface area contributed by atoms with E-state index in [4.69, 9.17) is 5.26 Å². The molecule has 0 aliphatic rings. The van der Waals surface area contributed by atoms with Crippen LogP contribution in [0.1, 0.15) is 5.56 Å². The van der Waals surface area contributed by atoms with Crippen LogP contribution in [0.4, 0.5) is 0 Å². The van der Waals surface area contributed by atoms with E-state index < -0.39 is 0 Å². The van der Waals surface area contributed by atoms with Crippen LogP contribution in [0.25, 0.3) is 22.4 Å².